The quantitative estimate of drug-likeness (QED) is 0.796. The summed E-state index contributed by atoms with van der Waals surface area (Å²) < 4.78 is 2.91. The van der Waals surface area contributed by atoms with E-state index in [1.807, 2.05) is 0 Å². The van der Waals surface area contributed by atoms with Crippen molar-refractivity contribution in [2.45, 2.75) is 51.0 Å². The molecular formula is C11H19N3OS. The van der Waals surface area contributed by atoms with Crippen LogP contribution in [-0.4, -0.2) is 26.5 Å². The molecular weight excluding hydrogens is 222 g/mol. The molecule has 1 fully saturated rings. The fourth-order valence-electron chi connectivity index (χ4n) is 2.47. The largest absolute Gasteiger partial charge is 0.396 e. The fraction of sp³-hybridized carbons (Fsp3) is 0.818. The van der Waals surface area contributed by atoms with Crippen molar-refractivity contribution in [2.75, 3.05) is 6.61 Å². The predicted octanol–water partition coefficient (Wildman–Crippen LogP) is 2.37. The average Bonchev–Trinajstić information content (AvgIpc) is 2.69. The minimum Gasteiger partial charge on any atom is -0.396 e. The Balaban J connectivity index is 2.16. The van der Waals surface area contributed by atoms with E-state index in [1.165, 1.54) is 32.1 Å². The van der Waals surface area contributed by atoms with Crippen molar-refractivity contribution < 1.29 is 5.11 Å². The van der Waals surface area contributed by atoms with Gasteiger partial charge < -0.3 is 9.67 Å². The standard InChI is InChI=1S/C11H19N3OS/c15-8-4-7-10-12-13-11(16)14(10)9-5-2-1-3-6-9/h9,15H,1-8H2,(H,13,16). The summed E-state index contributed by atoms with van der Waals surface area (Å²) in [5.74, 6) is 1.01. The van der Waals surface area contributed by atoms with Crippen LogP contribution in [0.1, 0.15) is 50.4 Å². The molecule has 0 bridgehead atoms. The van der Waals surface area contributed by atoms with Gasteiger partial charge in [0.2, 0.25) is 0 Å². The van der Waals surface area contributed by atoms with Gasteiger partial charge in [0.25, 0.3) is 0 Å². The Labute approximate surface area is 101 Å². The average molecular weight is 241 g/mol. The predicted molar refractivity (Wildman–Crippen MR) is 64.9 cm³/mol. The first-order valence-electron chi connectivity index (χ1n) is 6.09. The Kier molecular flexibility index (Phi) is 4.12. The van der Waals surface area contributed by atoms with Crippen molar-refractivity contribution in [3.8, 4) is 0 Å². The summed E-state index contributed by atoms with van der Waals surface area (Å²) in [4.78, 5) is 0. The van der Waals surface area contributed by atoms with Crippen LogP contribution in [-0.2, 0) is 6.42 Å². The van der Waals surface area contributed by atoms with Gasteiger partial charge in [-0.1, -0.05) is 19.3 Å². The molecule has 90 valence electrons. The molecule has 0 amide bonds. The number of aromatic amines is 1. The zero-order valence-corrected chi connectivity index (χ0v) is 10.3. The third-order valence-corrected chi connectivity index (χ3v) is 3.56. The van der Waals surface area contributed by atoms with Crippen molar-refractivity contribution >= 4 is 12.2 Å². The molecule has 2 rings (SSSR count). The topological polar surface area (TPSA) is 53.8 Å². The van der Waals surface area contributed by atoms with E-state index < -0.39 is 0 Å². The second kappa shape index (κ2) is 5.59. The van der Waals surface area contributed by atoms with E-state index in [-0.39, 0.29) is 6.61 Å². The Morgan fingerprint density at radius 3 is 2.81 bits per heavy atom. The van der Waals surface area contributed by atoms with Crippen LogP contribution in [0.3, 0.4) is 0 Å². The summed E-state index contributed by atoms with van der Waals surface area (Å²) in [6.07, 6.45) is 7.90. The number of hydrogen-bond donors (Lipinski definition) is 2. The number of rotatable bonds is 4. The molecule has 1 aromatic rings. The monoisotopic (exact) mass is 241 g/mol. The second-order valence-corrected chi connectivity index (χ2v) is 4.82. The highest BCUT2D eigenvalue weighted by molar-refractivity contribution is 7.71. The molecule has 1 aliphatic carbocycles. The highest BCUT2D eigenvalue weighted by Gasteiger charge is 2.19. The molecule has 1 heterocycles. The van der Waals surface area contributed by atoms with E-state index in [2.05, 4.69) is 14.8 Å². The fourth-order valence-corrected chi connectivity index (χ4v) is 2.77. The molecule has 16 heavy (non-hydrogen) atoms. The van der Waals surface area contributed by atoms with Gasteiger partial charge in [0.15, 0.2) is 4.77 Å². The van der Waals surface area contributed by atoms with Gasteiger partial charge in [0, 0.05) is 19.1 Å². The Bertz CT molecular complexity index is 379. The number of aliphatic hydroxyl groups is 1. The van der Waals surface area contributed by atoms with Crippen LogP contribution in [0.2, 0.25) is 0 Å². The van der Waals surface area contributed by atoms with Crippen LogP contribution < -0.4 is 0 Å². The van der Waals surface area contributed by atoms with Crippen molar-refractivity contribution in [1.82, 2.24) is 14.8 Å². The minimum atomic E-state index is 0.213. The summed E-state index contributed by atoms with van der Waals surface area (Å²) in [6, 6.07) is 0.522. The number of aliphatic hydroxyl groups excluding tert-OH is 1. The zero-order chi connectivity index (χ0) is 11.4. The van der Waals surface area contributed by atoms with E-state index in [9.17, 15) is 0 Å². The van der Waals surface area contributed by atoms with Gasteiger partial charge >= 0.3 is 0 Å². The first-order chi connectivity index (χ1) is 7.83. The maximum atomic E-state index is 8.86. The first-order valence-corrected chi connectivity index (χ1v) is 6.50. The summed E-state index contributed by atoms with van der Waals surface area (Å²) in [5, 5.41) is 16.0. The molecule has 5 heteroatoms. The van der Waals surface area contributed by atoms with E-state index in [4.69, 9.17) is 17.3 Å². The number of nitrogens with zero attached hydrogens (tertiary/aromatic N) is 2. The van der Waals surface area contributed by atoms with E-state index in [0.29, 0.717) is 6.04 Å². The van der Waals surface area contributed by atoms with Crippen LogP contribution in [0.15, 0.2) is 0 Å². The van der Waals surface area contributed by atoms with Crippen molar-refractivity contribution in [1.29, 1.82) is 0 Å². The number of aromatic nitrogens is 3. The SMILES string of the molecule is OCCCc1n[nH]c(=S)n1C1CCCCC1. The zero-order valence-electron chi connectivity index (χ0n) is 9.48. The minimum absolute atomic E-state index is 0.213. The molecule has 0 radical (unpaired) electrons. The van der Waals surface area contributed by atoms with E-state index >= 15 is 0 Å². The van der Waals surface area contributed by atoms with Gasteiger partial charge in [-0.3, -0.25) is 5.10 Å². The van der Waals surface area contributed by atoms with Crippen LogP contribution in [0.5, 0.6) is 0 Å². The van der Waals surface area contributed by atoms with Gasteiger partial charge in [-0.05, 0) is 31.5 Å². The number of aryl methyl sites for hydroxylation is 1. The van der Waals surface area contributed by atoms with Crippen LogP contribution in [0.4, 0.5) is 0 Å². The highest BCUT2D eigenvalue weighted by atomic mass is 32.1. The normalized spacial score (nSPS) is 17.8. The Hall–Kier alpha value is -0.680. The Morgan fingerprint density at radius 1 is 1.38 bits per heavy atom. The molecule has 1 aromatic heterocycles. The maximum Gasteiger partial charge on any atom is 0.195 e. The first kappa shape index (κ1) is 11.8. The maximum absolute atomic E-state index is 8.86. The van der Waals surface area contributed by atoms with E-state index in [1.54, 1.807) is 0 Å². The molecule has 0 aliphatic heterocycles. The molecule has 0 saturated heterocycles. The molecule has 0 unspecified atom stereocenters. The lowest BCUT2D eigenvalue weighted by Gasteiger charge is -2.24. The van der Waals surface area contributed by atoms with Gasteiger partial charge in [0.05, 0.1) is 0 Å². The third kappa shape index (κ3) is 2.52. The summed E-state index contributed by atoms with van der Waals surface area (Å²) >= 11 is 5.29. The third-order valence-electron chi connectivity index (χ3n) is 3.28. The van der Waals surface area contributed by atoms with Crippen molar-refractivity contribution in [3.05, 3.63) is 10.6 Å². The number of hydrogen-bond acceptors (Lipinski definition) is 3. The van der Waals surface area contributed by atoms with E-state index in [0.717, 1.165) is 23.4 Å². The summed E-state index contributed by atoms with van der Waals surface area (Å²) in [5.41, 5.74) is 0. The lowest BCUT2D eigenvalue weighted by atomic mass is 9.95. The highest BCUT2D eigenvalue weighted by Crippen LogP contribution is 2.29. The van der Waals surface area contributed by atoms with Crippen LogP contribution in [0, 0.1) is 4.77 Å². The number of H-pyrrole nitrogens is 1. The molecule has 1 saturated carbocycles. The lowest BCUT2D eigenvalue weighted by molar-refractivity contribution is 0.284. The van der Waals surface area contributed by atoms with Crippen molar-refractivity contribution in [3.63, 3.8) is 0 Å². The molecule has 4 nitrogen and oxygen atoms in total. The van der Waals surface area contributed by atoms with Crippen LogP contribution >= 0.6 is 12.2 Å². The lowest BCUT2D eigenvalue weighted by Crippen LogP contribution is -2.16. The Morgan fingerprint density at radius 2 is 2.12 bits per heavy atom. The molecule has 1 aliphatic rings. The van der Waals surface area contributed by atoms with Crippen LogP contribution in [0.25, 0.3) is 0 Å². The van der Waals surface area contributed by atoms with Gasteiger partial charge in [-0.2, -0.15) is 5.10 Å². The molecule has 2 N–H and O–H groups in total. The van der Waals surface area contributed by atoms with Crippen molar-refractivity contribution in [2.24, 2.45) is 0 Å². The van der Waals surface area contributed by atoms with Gasteiger partial charge in [0.1, 0.15) is 5.82 Å². The summed E-state index contributed by atoms with van der Waals surface area (Å²) in [7, 11) is 0. The smallest absolute Gasteiger partial charge is 0.195 e. The van der Waals surface area contributed by atoms with Gasteiger partial charge in [-0.15, -0.1) is 0 Å². The number of nitrogens with one attached hydrogen (secondary N) is 1. The molecule has 0 spiro atoms. The molecule has 0 atom stereocenters. The second-order valence-electron chi connectivity index (χ2n) is 4.43. The molecule has 0 aromatic carbocycles. The summed E-state index contributed by atoms with van der Waals surface area (Å²) in [6.45, 7) is 0.213. The van der Waals surface area contributed by atoms with Gasteiger partial charge in [-0.25, -0.2) is 0 Å².